The monoisotopic (exact) mass is 422 g/mol. The maximum atomic E-state index is 12.5. The van der Waals surface area contributed by atoms with Gasteiger partial charge in [-0.15, -0.1) is 0 Å². The molecule has 0 bridgehead atoms. The largest absolute Gasteiger partial charge is 0.478 e. The molecule has 0 saturated carbocycles. The third-order valence-corrected chi connectivity index (χ3v) is 6.69. The van der Waals surface area contributed by atoms with Crippen molar-refractivity contribution < 1.29 is 19.4 Å². The highest BCUT2D eigenvalue weighted by Gasteiger charge is 2.43. The summed E-state index contributed by atoms with van der Waals surface area (Å²) in [6.45, 7) is 5.92. The van der Waals surface area contributed by atoms with Crippen LogP contribution < -0.4 is 0 Å². The lowest BCUT2D eigenvalue weighted by Crippen LogP contribution is -2.57. The Morgan fingerprint density at radius 1 is 1.06 bits per heavy atom. The number of nitrogens with zero attached hydrogens (tertiary/aromatic N) is 2. The van der Waals surface area contributed by atoms with Gasteiger partial charge in [-0.1, -0.05) is 48.5 Å². The summed E-state index contributed by atoms with van der Waals surface area (Å²) in [6, 6.07) is 17.3. The van der Waals surface area contributed by atoms with Crippen LogP contribution in [0.25, 0.3) is 0 Å². The number of likely N-dealkylation sites (tertiary alicyclic amines) is 1. The van der Waals surface area contributed by atoms with Gasteiger partial charge in [0.15, 0.2) is 0 Å². The van der Waals surface area contributed by atoms with E-state index in [2.05, 4.69) is 11.8 Å². The van der Waals surface area contributed by atoms with Gasteiger partial charge in [0.25, 0.3) is 0 Å². The molecule has 0 aliphatic carbocycles. The molecule has 4 rings (SSSR count). The Hall–Kier alpha value is -2.70. The Balaban J connectivity index is 1.36. The van der Waals surface area contributed by atoms with Crippen LogP contribution in [0.5, 0.6) is 0 Å². The van der Waals surface area contributed by atoms with Gasteiger partial charge < -0.3 is 14.7 Å². The van der Waals surface area contributed by atoms with Crippen LogP contribution >= 0.6 is 0 Å². The fourth-order valence-corrected chi connectivity index (χ4v) is 4.83. The van der Waals surface area contributed by atoms with Crippen molar-refractivity contribution in [3.63, 3.8) is 0 Å². The second-order valence-corrected chi connectivity index (χ2v) is 8.85. The van der Waals surface area contributed by atoms with Gasteiger partial charge in [0, 0.05) is 13.1 Å². The molecule has 6 nitrogen and oxygen atoms in total. The normalized spacial score (nSPS) is 23.1. The smallest absolute Gasteiger partial charge is 0.336 e. The average molecular weight is 423 g/mol. The number of hydrogen-bond acceptors (Lipinski definition) is 4. The molecule has 1 atom stereocenters. The zero-order valence-corrected chi connectivity index (χ0v) is 18.0. The van der Waals surface area contributed by atoms with Crippen LogP contribution in [0.15, 0.2) is 54.6 Å². The number of rotatable bonds is 6. The molecular weight excluding hydrogens is 392 g/mol. The molecule has 0 spiro atoms. The van der Waals surface area contributed by atoms with Crippen molar-refractivity contribution in [3.05, 3.63) is 71.3 Å². The standard InChI is InChI=1S/C25H30N2O4/c1-25(18-27(23(28)17-31-25)15-19-7-3-2-4-8-19)21-11-13-26(14-12-21)16-20-9-5-6-10-22(20)24(29)30/h2-10,21H,11-18H2,1H3,(H,29,30)/t25-/m1/s1. The van der Waals surface area contributed by atoms with Crippen LogP contribution in [0.1, 0.15) is 41.3 Å². The van der Waals surface area contributed by atoms with E-state index in [1.54, 1.807) is 12.1 Å². The van der Waals surface area contributed by atoms with Crippen molar-refractivity contribution in [2.75, 3.05) is 26.2 Å². The first-order chi connectivity index (χ1) is 14.9. The second-order valence-electron chi connectivity index (χ2n) is 8.85. The van der Waals surface area contributed by atoms with Gasteiger partial charge in [-0.3, -0.25) is 9.69 Å². The number of piperidine rings is 1. The van der Waals surface area contributed by atoms with E-state index in [1.807, 2.05) is 47.4 Å². The van der Waals surface area contributed by atoms with Crippen molar-refractivity contribution in [2.24, 2.45) is 5.92 Å². The minimum absolute atomic E-state index is 0.0454. The number of amides is 1. The Kier molecular flexibility index (Phi) is 6.39. The molecule has 2 fully saturated rings. The molecule has 164 valence electrons. The molecule has 1 N–H and O–H groups in total. The average Bonchev–Trinajstić information content (AvgIpc) is 2.78. The van der Waals surface area contributed by atoms with Crippen molar-refractivity contribution in [2.45, 2.75) is 38.5 Å². The molecule has 31 heavy (non-hydrogen) atoms. The first-order valence-corrected chi connectivity index (χ1v) is 10.9. The first-order valence-electron chi connectivity index (χ1n) is 10.9. The lowest BCUT2D eigenvalue weighted by molar-refractivity contribution is -0.174. The first kappa shape index (κ1) is 21.5. The van der Waals surface area contributed by atoms with Gasteiger partial charge in [0.2, 0.25) is 5.91 Å². The predicted octanol–water partition coefficient (Wildman–Crippen LogP) is 3.41. The Morgan fingerprint density at radius 2 is 1.74 bits per heavy atom. The van der Waals surface area contributed by atoms with Crippen molar-refractivity contribution in [1.29, 1.82) is 0 Å². The highest BCUT2D eigenvalue weighted by atomic mass is 16.5. The number of morpholine rings is 1. The fourth-order valence-electron chi connectivity index (χ4n) is 4.83. The third-order valence-electron chi connectivity index (χ3n) is 6.69. The molecule has 2 aromatic carbocycles. The predicted molar refractivity (Wildman–Crippen MR) is 118 cm³/mol. The highest BCUT2D eigenvalue weighted by Crippen LogP contribution is 2.35. The molecule has 0 aromatic heterocycles. The van der Waals surface area contributed by atoms with E-state index < -0.39 is 5.97 Å². The maximum absolute atomic E-state index is 12.5. The van der Waals surface area contributed by atoms with Crippen molar-refractivity contribution in [1.82, 2.24) is 9.80 Å². The van der Waals surface area contributed by atoms with Gasteiger partial charge in [0.05, 0.1) is 17.7 Å². The summed E-state index contributed by atoms with van der Waals surface area (Å²) in [7, 11) is 0. The third kappa shape index (κ3) is 4.97. The summed E-state index contributed by atoms with van der Waals surface area (Å²) in [5.41, 5.74) is 2.01. The molecule has 2 saturated heterocycles. The molecule has 2 aliphatic rings. The quantitative estimate of drug-likeness (QED) is 0.773. The van der Waals surface area contributed by atoms with Crippen LogP contribution in [0.4, 0.5) is 0 Å². The highest BCUT2D eigenvalue weighted by molar-refractivity contribution is 5.89. The molecule has 2 heterocycles. The lowest BCUT2D eigenvalue weighted by atomic mass is 9.80. The Bertz CT molecular complexity index is 924. The number of hydrogen-bond donors (Lipinski definition) is 1. The molecular formula is C25H30N2O4. The van der Waals surface area contributed by atoms with Gasteiger partial charge in [0.1, 0.15) is 6.61 Å². The molecule has 0 unspecified atom stereocenters. The number of carbonyl (C=O) groups is 2. The zero-order valence-electron chi connectivity index (χ0n) is 18.0. The Labute approximate surface area is 183 Å². The minimum atomic E-state index is -0.878. The van der Waals surface area contributed by atoms with Gasteiger partial charge >= 0.3 is 5.97 Å². The van der Waals surface area contributed by atoms with Crippen molar-refractivity contribution >= 4 is 11.9 Å². The topological polar surface area (TPSA) is 70.1 Å². The maximum Gasteiger partial charge on any atom is 0.336 e. The van der Waals surface area contributed by atoms with Crippen molar-refractivity contribution in [3.8, 4) is 0 Å². The summed E-state index contributed by atoms with van der Waals surface area (Å²) in [4.78, 5) is 28.2. The molecule has 2 aromatic rings. The number of ether oxygens (including phenoxy) is 1. The van der Waals surface area contributed by atoms with Crippen LogP contribution in [-0.4, -0.2) is 58.6 Å². The van der Waals surface area contributed by atoms with E-state index in [9.17, 15) is 14.7 Å². The molecule has 2 aliphatic heterocycles. The number of benzene rings is 2. The van der Waals surface area contributed by atoms with E-state index in [4.69, 9.17) is 4.74 Å². The SMILES string of the molecule is C[C@]1(C2CCN(Cc3ccccc3C(=O)O)CC2)CN(Cc2ccccc2)C(=O)CO1. The van der Waals surface area contributed by atoms with E-state index in [-0.39, 0.29) is 18.1 Å². The number of carboxylic acid groups (broad SMARTS) is 1. The minimum Gasteiger partial charge on any atom is -0.478 e. The molecule has 6 heteroatoms. The van der Waals surface area contributed by atoms with E-state index in [0.29, 0.717) is 31.1 Å². The molecule has 0 radical (unpaired) electrons. The van der Waals surface area contributed by atoms with E-state index in [1.165, 1.54) is 0 Å². The summed E-state index contributed by atoms with van der Waals surface area (Å²) in [6.07, 6.45) is 1.94. The summed E-state index contributed by atoms with van der Waals surface area (Å²) in [5, 5.41) is 9.43. The summed E-state index contributed by atoms with van der Waals surface area (Å²) in [5.74, 6) is -0.467. The van der Waals surface area contributed by atoms with Crippen LogP contribution in [0, 0.1) is 5.92 Å². The van der Waals surface area contributed by atoms with E-state index in [0.717, 1.165) is 37.1 Å². The van der Waals surface area contributed by atoms with Crippen LogP contribution in [-0.2, 0) is 22.6 Å². The zero-order chi connectivity index (χ0) is 21.8. The van der Waals surface area contributed by atoms with Gasteiger partial charge in [-0.05, 0) is 56.0 Å². The molecule has 1 amide bonds. The van der Waals surface area contributed by atoms with Gasteiger partial charge in [-0.25, -0.2) is 4.79 Å². The number of carboxylic acids is 1. The summed E-state index contributed by atoms with van der Waals surface area (Å²) >= 11 is 0. The lowest BCUT2D eigenvalue weighted by Gasteiger charge is -2.47. The number of aromatic carboxylic acids is 1. The number of carbonyl (C=O) groups excluding carboxylic acids is 1. The van der Waals surface area contributed by atoms with Crippen LogP contribution in [0.3, 0.4) is 0 Å². The summed E-state index contributed by atoms with van der Waals surface area (Å²) < 4.78 is 6.10. The Morgan fingerprint density at radius 3 is 2.45 bits per heavy atom. The van der Waals surface area contributed by atoms with Gasteiger partial charge in [-0.2, -0.15) is 0 Å². The van der Waals surface area contributed by atoms with E-state index >= 15 is 0 Å². The fraction of sp³-hybridized carbons (Fsp3) is 0.440. The van der Waals surface area contributed by atoms with Crippen LogP contribution in [0.2, 0.25) is 0 Å². The second kappa shape index (κ2) is 9.20.